The van der Waals surface area contributed by atoms with Crippen LogP contribution in [-0.2, 0) is 4.74 Å². The van der Waals surface area contributed by atoms with Crippen molar-refractivity contribution in [2.45, 2.75) is 77.4 Å². The van der Waals surface area contributed by atoms with Crippen LogP contribution in [0.3, 0.4) is 0 Å². The zero-order valence-corrected chi connectivity index (χ0v) is 12.2. The molecular formula is C15H31NO. The smallest absolute Gasteiger partial charge is 0.0825 e. The average Bonchev–Trinajstić information content (AvgIpc) is 2.31. The first-order valence-corrected chi connectivity index (χ1v) is 7.50. The molecular weight excluding hydrogens is 210 g/mol. The third-order valence-electron chi connectivity index (χ3n) is 4.67. The van der Waals surface area contributed by atoms with Gasteiger partial charge in [-0.05, 0) is 38.1 Å². The quantitative estimate of drug-likeness (QED) is 0.664. The summed E-state index contributed by atoms with van der Waals surface area (Å²) in [5.74, 6) is 0.942. The predicted molar refractivity (Wildman–Crippen MR) is 74.4 cm³/mol. The second-order valence-corrected chi connectivity index (χ2v) is 5.52. The first-order chi connectivity index (χ1) is 8.22. The molecule has 1 rings (SSSR count). The van der Waals surface area contributed by atoms with Crippen molar-refractivity contribution in [3.05, 3.63) is 0 Å². The molecule has 0 saturated heterocycles. The van der Waals surface area contributed by atoms with Gasteiger partial charge in [-0.2, -0.15) is 0 Å². The van der Waals surface area contributed by atoms with E-state index >= 15 is 0 Å². The summed E-state index contributed by atoms with van der Waals surface area (Å²) < 4.78 is 5.90. The molecule has 1 fully saturated rings. The monoisotopic (exact) mass is 241 g/mol. The van der Waals surface area contributed by atoms with Gasteiger partial charge < -0.3 is 10.1 Å². The molecule has 17 heavy (non-hydrogen) atoms. The molecule has 2 nitrogen and oxygen atoms in total. The van der Waals surface area contributed by atoms with Crippen molar-refractivity contribution in [1.82, 2.24) is 5.32 Å². The Kier molecular flexibility index (Phi) is 6.50. The molecule has 2 heteroatoms. The van der Waals surface area contributed by atoms with Gasteiger partial charge in [-0.3, -0.25) is 0 Å². The van der Waals surface area contributed by atoms with Crippen LogP contribution in [0.5, 0.6) is 0 Å². The standard InChI is InChI=1S/C15H31NO/c1-5-11-16-14(12-13-9-8-10-13)15(6-2,7-3)17-4/h13-14,16H,5-12H2,1-4H3. The van der Waals surface area contributed by atoms with Crippen molar-refractivity contribution in [3.63, 3.8) is 0 Å². The lowest BCUT2D eigenvalue weighted by Gasteiger charge is -2.42. The summed E-state index contributed by atoms with van der Waals surface area (Å²) in [6.07, 6.45) is 9.00. The summed E-state index contributed by atoms with van der Waals surface area (Å²) >= 11 is 0. The maximum Gasteiger partial charge on any atom is 0.0825 e. The molecule has 1 aliphatic carbocycles. The normalized spacial score (nSPS) is 19.1. The van der Waals surface area contributed by atoms with Crippen LogP contribution in [0, 0.1) is 5.92 Å². The number of rotatable bonds is 9. The van der Waals surface area contributed by atoms with Crippen LogP contribution in [0.15, 0.2) is 0 Å². The molecule has 0 aliphatic heterocycles. The largest absolute Gasteiger partial charge is 0.377 e. The maximum absolute atomic E-state index is 5.90. The van der Waals surface area contributed by atoms with Crippen LogP contribution in [0.2, 0.25) is 0 Å². The first-order valence-electron chi connectivity index (χ1n) is 7.50. The Morgan fingerprint density at radius 2 is 1.88 bits per heavy atom. The molecule has 1 aliphatic rings. The Bertz CT molecular complexity index is 189. The average molecular weight is 241 g/mol. The van der Waals surface area contributed by atoms with Gasteiger partial charge in [-0.15, -0.1) is 0 Å². The topological polar surface area (TPSA) is 21.3 Å². The fourth-order valence-electron chi connectivity index (χ4n) is 3.04. The van der Waals surface area contributed by atoms with E-state index in [0.717, 1.165) is 25.3 Å². The summed E-state index contributed by atoms with van der Waals surface area (Å²) in [5.41, 5.74) is 0.0464. The zero-order valence-electron chi connectivity index (χ0n) is 12.2. The van der Waals surface area contributed by atoms with E-state index in [1.165, 1.54) is 32.1 Å². The van der Waals surface area contributed by atoms with Crippen molar-refractivity contribution in [3.8, 4) is 0 Å². The van der Waals surface area contributed by atoms with Gasteiger partial charge in [-0.25, -0.2) is 0 Å². The van der Waals surface area contributed by atoms with Gasteiger partial charge in [0.2, 0.25) is 0 Å². The zero-order chi connectivity index (χ0) is 12.7. The van der Waals surface area contributed by atoms with Gasteiger partial charge in [0.25, 0.3) is 0 Å². The van der Waals surface area contributed by atoms with E-state index < -0.39 is 0 Å². The van der Waals surface area contributed by atoms with Crippen molar-refractivity contribution < 1.29 is 4.74 Å². The second kappa shape index (κ2) is 7.38. The van der Waals surface area contributed by atoms with E-state index in [1.54, 1.807) is 0 Å². The summed E-state index contributed by atoms with van der Waals surface area (Å²) in [6, 6.07) is 0.535. The molecule has 0 aromatic heterocycles. The van der Waals surface area contributed by atoms with E-state index in [1.807, 2.05) is 7.11 Å². The molecule has 1 atom stereocenters. The molecule has 1 saturated carbocycles. The fourth-order valence-corrected chi connectivity index (χ4v) is 3.04. The Hall–Kier alpha value is -0.0800. The second-order valence-electron chi connectivity index (χ2n) is 5.52. The van der Waals surface area contributed by atoms with Crippen LogP contribution in [-0.4, -0.2) is 25.3 Å². The number of ether oxygens (including phenoxy) is 1. The molecule has 0 bridgehead atoms. The minimum atomic E-state index is 0.0464. The molecule has 0 spiro atoms. The summed E-state index contributed by atoms with van der Waals surface area (Å²) in [5, 5.41) is 3.74. The van der Waals surface area contributed by atoms with Gasteiger partial charge in [0.1, 0.15) is 0 Å². The van der Waals surface area contributed by atoms with Gasteiger partial charge >= 0.3 is 0 Å². The van der Waals surface area contributed by atoms with Gasteiger partial charge in [0.05, 0.1) is 5.60 Å². The minimum absolute atomic E-state index is 0.0464. The Morgan fingerprint density at radius 1 is 1.24 bits per heavy atom. The molecule has 0 aromatic rings. The Balaban J connectivity index is 2.62. The maximum atomic E-state index is 5.90. The minimum Gasteiger partial charge on any atom is -0.377 e. The van der Waals surface area contributed by atoms with Crippen LogP contribution >= 0.6 is 0 Å². The number of hydrogen-bond donors (Lipinski definition) is 1. The Morgan fingerprint density at radius 3 is 2.24 bits per heavy atom. The van der Waals surface area contributed by atoms with E-state index in [-0.39, 0.29) is 5.60 Å². The number of methoxy groups -OCH3 is 1. The van der Waals surface area contributed by atoms with E-state index in [2.05, 4.69) is 26.1 Å². The van der Waals surface area contributed by atoms with Crippen molar-refractivity contribution in [1.29, 1.82) is 0 Å². The fraction of sp³-hybridized carbons (Fsp3) is 1.00. The van der Waals surface area contributed by atoms with Crippen LogP contribution in [0.25, 0.3) is 0 Å². The summed E-state index contributed by atoms with van der Waals surface area (Å²) in [6.45, 7) is 7.87. The molecule has 0 aromatic carbocycles. The Labute approximate surface area is 108 Å². The molecule has 0 amide bonds. The predicted octanol–water partition coefficient (Wildman–Crippen LogP) is 3.75. The molecule has 0 radical (unpaired) electrons. The molecule has 1 N–H and O–H groups in total. The van der Waals surface area contributed by atoms with Crippen LogP contribution in [0.4, 0.5) is 0 Å². The van der Waals surface area contributed by atoms with Crippen LogP contribution in [0.1, 0.15) is 65.7 Å². The number of nitrogens with one attached hydrogen (secondary N) is 1. The van der Waals surface area contributed by atoms with E-state index in [9.17, 15) is 0 Å². The molecule has 0 heterocycles. The molecule has 102 valence electrons. The summed E-state index contributed by atoms with van der Waals surface area (Å²) in [7, 11) is 1.88. The van der Waals surface area contributed by atoms with Crippen LogP contribution < -0.4 is 5.32 Å². The van der Waals surface area contributed by atoms with Gasteiger partial charge in [-0.1, -0.05) is 40.0 Å². The van der Waals surface area contributed by atoms with Crippen molar-refractivity contribution in [2.24, 2.45) is 5.92 Å². The third kappa shape index (κ3) is 3.69. The summed E-state index contributed by atoms with van der Waals surface area (Å²) in [4.78, 5) is 0. The SMILES string of the molecule is CCCNC(CC1CCC1)C(CC)(CC)OC. The van der Waals surface area contributed by atoms with E-state index in [4.69, 9.17) is 4.74 Å². The highest BCUT2D eigenvalue weighted by Crippen LogP contribution is 2.35. The van der Waals surface area contributed by atoms with E-state index in [0.29, 0.717) is 6.04 Å². The lowest BCUT2D eigenvalue weighted by molar-refractivity contribution is -0.0556. The van der Waals surface area contributed by atoms with Gasteiger partial charge in [0, 0.05) is 13.2 Å². The first kappa shape index (κ1) is 15.0. The molecule has 1 unspecified atom stereocenters. The highest BCUT2D eigenvalue weighted by atomic mass is 16.5. The lowest BCUT2D eigenvalue weighted by Crippen LogP contribution is -2.53. The highest BCUT2D eigenvalue weighted by Gasteiger charge is 2.37. The third-order valence-corrected chi connectivity index (χ3v) is 4.67. The van der Waals surface area contributed by atoms with Crippen molar-refractivity contribution >= 4 is 0 Å². The van der Waals surface area contributed by atoms with Crippen molar-refractivity contribution in [2.75, 3.05) is 13.7 Å². The number of hydrogen-bond acceptors (Lipinski definition) is 2. The highest BCUT2D eigenvalue weighted by molar-refractivity contribution is 4.93. The lowest BCUT2D eigenvalue weighted by atomic mass is 9.75. The van der Waals surface area contributed by atoms with Gasteiger partial charge in [0.15, 0.2) is 0 Å².